The maximum absolute atomic E-state index is 12.8. The van der Waals surface area contributed by atoms with Crippen molar-refractivity contribution in [1.82, 2.24) is 14.5 Å². The highest BCUT2D eigenvalue weighted by Gasteiger charge is 2.31. The Bertz CT molecular complexity index is 625. The molecule has 1 saturated heterocycles. The topological polar surface area (TPSA) is 63.6 Å². The monoisotopic (exact) mass is 308 g/mol. The molecule has 0 aromatic carbocycles. The highest BCUT2D eigenvalue weighted by Crippen LogP contribution is 2.23. The lowest BCUT2D eigenvalue weighted by Gasteiger charge is -2.37. The Morgan fingerprint density at radius 1 is 1.43 bits per heavy atom. The fourth-order valence-electron chi connectivity index (χ4n) is 3.01. The first-order chi connectivity index (χ1) is 9.68. The zero-order valence-electron chi connectivity index (χ0n) is 12.1. The van der Waals surface area contributed by atoms with Gasteiger partial charge in [-0.25, -0.2) is 4.52 Å². The van der Waals surface area contributed by atoms with E-state index < -0.39 is 0 Å². The molecule has 0 aliphatic carbocycles. The average molecular weight is 309 g/mol. The van der Waals surface area contributed by atoms with Crippen molar-refractivity contribution >= 4 is 23.8 Å². The lowest BCUT2D eigenvalue weighted by atomic mass is 9.96. The number of hydrogen-bond donors (Lipinski definition) is 1. The van der Waals surface area contributed by atoms with Crippen LogP contribution in [0.15, 0.2) is 30.6 Å². The van der Waals surface area contributed by atoms with Gasteiger partial charge in [0, 0.05) is 24.8 Å². The first-order valence-corrected chi connectivity index (χ1v) is 7.17. The van der Waals surface area contributed by atoms with Gasteiger partial charge in [0.25, 0.3) is 5.91 Å². The Morgan fingerprint density at radius 3 is 3.00 bits per heavy atom. The van der Waals surface area contributed by atoms with E-state index in [2.05, 4.69) is 5.10 Å². The molecule has 0 saturated carbocycles. The quantitative estimate of drug-likeness (QED) is 0.924. The van der Waals surface area contributed by atoms with E-state index >= 15 is 0 Å². The molecule has 1 aliphatic rings. The van der Waals surface area contributed by atoms with Crippen LogP contribution < -0.4 is 5.73 Å². The third kappa shape index (κ3) is 2.89. The predicted octanol–water partition coefficient (Wildman–Crippen LogP) is 2.10. The van der Waals surface area contributed by atoms with E-state index in [1.807, 2.05) is 36.2 Å². The molecule has 2 atom stereocenters. The minimum atomic E-state index is 0. The molecule has 5 nitrogen and oxygen atoms in total. The van der Waals surface area contributed by atoms with Crippen molar-refractivity contribution in [3.05, 3.63) is 36.2 Å². The van der Waals surface area contributed by atoms with Crippen molar-refractivity contribution in [3.8, 4) is 0 Å². The van der Waals surface area contributed by atoms with Crippen molar-refractivity contribution in [2.45, 2.75) is 38.3 Å². The Kier molecular flexibility index (Phi) is 4.85. The molecular formula is C15H21ClN4O. The maximum atomic E-state index is 12.8. The zero-order valence-corrected chi connectivity index (χ0v) is 12.9. The van der Waals surface area contributed by atoms with Crippen molar-refractivity contribution in [3.63, 3.8) is 0 Å². The Morgan fingerprint density at radius 2 is 2.24 bits per heavy atom. The fraction of sp³-hybridized carbons (Fsp3) is 0.467. The fourth-order valence-corrected chi connectivity index (χ4v) is 3.01. The van der Waals surface area contributed by atoms with Gasteiger partial charge in [0.1, 0.15) is 0 Å². The predicted molar refractivity (Wildman–Crippen MR) is 84.8 cm³/mol. The third-order valence-electron chi connectivity index (χ3n) is 4.07. The second-order valence-corrected chi connectivity index (χ2v) is 5.51. The smallest absolute Gasteiger partial charge is 0.257 e. The number of hydrogen-bond acceptors (Lipinski definition) is 3. The van der Waals surface area contributed by atoms with Crippen LogP contribution in [-0.4, -0.2) is 39.0 Å². The number of amides is 1. The number of carbonyl (C=O) groups is 1. The van der Waals surface area contributed by atoms with Gasteiger partial charge in [0.2, 0.25) is 0 Å². The van der Waals surface area contributed by atoms with Crippen LogP contribution in [0.25, 0.3) is 5.52 Å². The van der Waals surface area contributed by atoms with Crippen LogP contribution in [0.4, 0.5) is 0 Å². The summed E-state index contributed by atoms with van der Waals surface area (Å²) in [6.45, 7) is 2.77. The van der Waals surface area contributed by atoms with Gasteiger partial charge >= 0.3 is 0 Å². The summed E-state index contributed by atoms with van der Waals surface area (Å²) in [6.07, 6.45) is 6.69. The van der Waals surface area contributed by atoms with Crippen LogP contribution >= 0.6 is 12.4 Å². The largest absolute Gasteiger partial charge is 0.334 e. The third-order valence-corrected chi connectivity index (χ3v) is 4.07. The highest BCUT2D eigenvalue weighted by molar-refractivity contribution is 6.00. The van der Waals surface area contributed by atoms with Crippen molar-refractivity contribution < 1.29 is 4.79 Å². The number of rotatable bonds is 2. The van der Waals surface area contributed by atoms with Crippen LogP contribution in [0.5, 0.6) is 0 Å². The van der Waals surface area contributed by atoms with Crippen LogP contribution in [0, 0.1) is 0 Å². The lowest BCUT2D eigenvalue weighted by molar-refractivity contribution is 0.0586. The highest BCUT2D eigenvalue weighted by atomic mass is 35.5. The summed E-state index contributed by atoms with van der Waals surface area (Å²) < 4.78 is 1.73. The Labute approximate surface area is 130 Å². The number of aromatic nitrogens is 2. The molecule has 114 valence electrons. The van der Waals surface area contributed by atoms with Crippen molar-refractivity contribution in [2.24, 2.45) is 5.73 Å². The summed E-state index contributed by atoms with van der Waals surface area (Å²) in [7, 11) is 0. The first-order valence-electron chi connectivity index (χ1n) is 7.17. The molecule has 3 heterocycles. The molecule has 1 amide bonds. The SMILES string of the molecule is CC(N)C1CCCCN1C(=O)c1cnn2ccccc12.Cl. The molecule has 1 fully saturated rings. The number of carbonyl (C=O) groups excluding carboxylic acids is 1. The molecular weight excluding hydrogens is 288 g/mol. The van der Waals surface area contributed by atoms with E-state index in [1.165, 1.54) is 0 Å². The Hall–Kier alpha value is -1.59. The summed E-state index contributed by atoms with van der Waals surface area (Å²) in [6, 6.07) is 5.88. The van der Waals surface area contributed by atoms with E-state index in [0.717, 1.165) is 31.3 Å². The van der Waals surface area contributed by atoms with Gasteiger partial charge < -0.3 is 10.6 Å². The molecule has 0 radical (unpaired) electrons. The number of likely N-dealkylation sites (tertiary alicyclic amines) is 1. The summed E-state index contributed by atoms with van der Waals surface area (Å²) in [5.41, 5.74) is 7.56. The van der Waals surface area contributed by atoms with Crippen molar-refractivity contribution in [2.75, 3.05) is 6.54 Å². The van der Waals surface area contributed by atoms with E-state index in [1.54, 1.807) is 10.7 Å². The lowest BCUT2D eigenvalue weighted by Crippen LogP contribution is -2.51. The van der Waals surface area contributed by atoms with Gasteiger partial charge in [-0.3, -0.25) is 4.79 Å². The normalized spacial score (nSPS) is 20.1. The maximum Gasteiger partial charge on any atom is 0.257 e. The van der Waals surface area contributed by atoms with Crippen molar-refractivity contribution in [1.29, 1.82) is 0 Å². The van der Waals surface area contributed by atoms with E-state index in [0.29, 0.717) is 5.56 Å². The number of nitrogens with two attached hydrogens (primary N) is 1. The average Bonchev–Trinajstić information content (AvgIpc) is 2.90. The van der Waals surface area contributed by atoms with Gasteiger partial charge in [-0.05, 0) is 38.3 Å². The zero-order chi connectivity index (χ0) is 14.1. The van der Waals surface area contributed by atoms with E-state index in [-0.39, 0.29) is 30.4 Å². The van der Waals surface area contributed by atoms with Gasteiger partial charge in [-0.2, -0.15) is 5.10 Å². The molecule has 0 bridgehead atoms. The standard InChI is InChI=1S/C15H20N4O.ClH/c1-11(16)13-6-2-4-8-18(13)15(20)12-10-17-19-9-5-3-7-14(12)19;/h3,5,7,9-11,13H,2,4,6,8,16H2,1H3;1H. The van der Waals surface area contributed by atoms with Gasteiger partial charge in [0.15, 0.2) is 0 Å². The molecule has 1 aliphatic heterocycles. The van der Waals surface area contributed by atoms with Gasteiger partial charge in [0.05, 0.1) is 17.3 Å². The van der Waals surface area contributed by atoms with Crippen LogP contribution in [0.1, 0.15) is 36.5 Å². The molecule has 21 heavy (non-hydrogen) atoms. The molecule has 2 aromatic heterocycles. The molecule has 0 spiro atoms. The second-order valence-electron chi connectivity index (χ2n) is 5.51. The summed E-state index contributed by atoms with van der Waals surface area (Å²) in [5, 5.41) is 4.24. The molecule has 2 unspecified atom stereocenters. The number of nitrogens with zero attached hydrogens (tertiary/aromatic N) is 3. The Balaban J connectivity index is 0.00000161. The minimum Gasteiger partial charge on any atom is -0.334 e. The van der Waals surface area contributed by atoms with Gasteiger partial charge in [-0.15, -0.1) is 12.4 Å². The summed E-state index contributed by atoms with van der Waals surface area (Å²) in [4.78, 5) is 14.7. The molecule has 3 rings (SSSR count). The van der Waals surface area contributed by atoms with Gasteiger partial charge in [-0.1, -0.05) is 6.07 Å². The van der Waals surface area contributed by atoms with E-state index in [4.69, 9.17) is 5.73 Å². The molecule has 6 heteroatoms. The summed E-state index contributed by atoms with van der Waals surface area (Å²) >= 11 is 0. The minimum absolute atomic E-state index is 0. The number of fused-ring (bicyclic) bond motifs is 1. The van der Waals surface area contributed by atoms with Crippen LogP contribution in [0.3, 0.4) is 0 Å². The van der Waals surface area contributed by atoms with Crippen LogP contribution in [0.2, 0.25) is 0 Å². The second kappa shape index (κ2) is 6.45. The summed E-state index contributed by atoms with van der Waals surface area (Å²) in [5.74, 6) is 0.0493. The van der Waals surface area contributed by atoms with E-state index in [9.17, 15) is 4.79 Å². The first kappa shape index (κ1) is 15.8. The van der Waals surface area contributed by atoms with Crippen LogP contribution in [-0.2, 0) is 0 Å². The number of halogens is 1. The number of piperidine rings is 1. The number of pyridine rings is 1. The molecule has 2 N–H and O–H groups in total. The molecule has 2 aromatic rings.